The fraction of sp³-hybridized carbons (Fsp3) is 0.682. The number of anilines is 2. The van der Waals surface area contributed by atoms with E-state index in [0.29, 0.717) is 90.6 Å². The van der Waals surface area contributed by atoms with Gasteiger partial charge in [-0.05, 0) is 186 Å². The van der Waals surface area contributed by atoms with Crippen molar-refractivity contribution in [3.63, 3.8) is 0 Å². The number of nitrogens with zero attached hydrogens (tertiary/aromatic N) is 3. The topological polar surface area (TPSA) is 186 Å². The average molecular weight is 1200 g/mol. The van der Waals surface area contributed by atoms with E-state index in [4.69, 9.17) is 28.4 Å². The number of carbonyl (C=O) groups excluding carboxylic acids is 4. The largest absolute Gasteiger partial charge is 1.00 e. The van der Waals surface area contributed by atoms with Crippen molar-refractivity contribution < 1.29 is 87.4 Å². The van der Waals surface area contributed by atoms with E-state index in [0.717, 1.165) is 133 Å². The number of amides is 2. The molecule has 4 saturated carbocycles. The number of aromatic carboxylic acids is 1. The van der Waals surface area contributed by atoms with E-state index in [1.165, 1.54) is 18.4 Å². The van der Waals surface area contributed by atoms with Crippen LogP contribution in [0, 0.1) is 58.2 Å². The van der Waals surface area contributed by atoms with Gasteiger partial charge >= 0.3 is 35.5 Å². The Morgan fingerprint density at radius 3 is 1.50 bits per heavy atom. The van der Waals surface area contributed by atoms with Crippen molar-refractivity contribution in [2.24, 2.45) is 34.5 Å². The molecule has 2 amide bonds. The van der Waals surface area contributed by atoms with Crippen molar-refractivity contribution >= 4 is 57.8 Å². The van der Waals surface area contributed by atoms with Crippen molar-refractivity contribution in [2.45, 2.75) is 206 Å². The second-order valence-corrected chi connectivity index (χ2v) is 27.6. The van der Waals surface area contributed by atoms with Gasteiger partial charge in [0.1, 0.15) is 11.0 Å². The molecule has 5 heterocycles. The monoisotopic (exact) mass is 1200 g/mol. The summed E-state index contributed by atoms with van der Waals surface area (Å²) in [5.74, 6) is 13.2. The predicted octanol–water partition coefficient (Wildman–Crippen LogP) is 8.20. The number of aromatic nitrogens is 1. The first kappa shape index (κ1) is 67.7. The summed E-state index contributed by atoms with van der Waals surface area (Å²) in [6.45, 7) is 16.5. The molecule has 3 aromatic heterocycles. The maximum atomic E-state index is 14.2. The van der Waals surface area contributed by atoms with E-state index in [1.807, 2.05) is 43.0 Å². The molecule has 3 aromatic rings. The zero-order valence-corrected chi connectivity index (χ0v) is 54.9. The number of aliphatic hydroxyl groups is 1. The number of methoxy groups -OCH3 is 1. The molecular formula is C66H90N3NaO12S2. The molecular weight excluding hydrogens is 1110 g/mol. The number of hydrogen-bond donors (Lipinski definition) is 1. The SMILES string of the molecule is CC1CCC(C(=O)N(c2cc(C#CC(C)(C)COC3CCOCC3)sc2C(=O)[O-])C2CCC(Oc3ccccn3)CC2)CC1.COC(=O)c1sc(C#CC(C)(C)COC2CCOCC2)cc1N(C(=O)C1CCC(C)CC1)C1CCC(O)CC1.[Na+]. The Hall–Kier alpha value is -3.85. The molecule has 15 nitrogen and oxygen atoms in total. The molecule has 0 spiro atoms. The smallest absolute Gasteiger partial charge is 0.544 e. The molecule has 0 radical (unpaired) electrons. The molecule has 6 aliphatic rings. The Kier molecular flexibility index (Phi) is 26.1. The molecule has 4 aliphatic carbocycles. The summed E-state index contributed by atoms with van der Waals surface area (Å²) in [5, 5.41) is 22.6. The third kappa shape index (κ3) is 19.6. The van der Waals surface area contributed by atoms with Gasteiger partial charge in [-0.2, -0.15) is 0 Å². The van der Waals surface area contributed by atoms with Crippen LogP contribution in [0.15, 0.2) is 36.5 Å². The number of ether oxygens (including phenoxy) is 6. The van der Waals surface area contributed by atoms with E-state index in [2.05, 4.69) is 56.4 Å². The second-order valence-electron chi connectivity index (χ2n) is 25.5. The number of aliphatic hydroxyl groups excluding tert-OH is 1. The van der Waals surface area contributed by atoms with Crippen LogP contribution in [0.4, 0.5) is 11.4 Å². The minimum atomic E-state index is -1.28. The molecule has 2 saturated heterocycles. The van der Waals surface area contributed by atoms with Crippen molar-refractivity contribution in [3.8, 4) is 29.6 Å². The van der Waals surface area contributed by atoms with Crippen molar-refractivity contribution in [2.75, 3.05) is 56.6 Å². The summed E-state index contributed by atoms with van der Waals surface area (Å²) in [7, 11) is 1.37. The molecule has 6 fully saturated rings. The summed E-state index contributed by atoms with van der Waals surface area (Å²) in [6.07, 6.45) is 18.5. The van der Waals surface area contributed by atoms with Gasteiger partial charge in [0.05, 0.1) is 70.6 Å². The van der Waals surface area contributed by atoms with Gasteiger partial charge in [0, 0.05) is 73.4 Å². The number of carboxylic acid groups (broad SMARTS) is 1. The molecule has 1 N–H and O–H groups in total. The van der Waals surface area contributed by atoms with Crippen LogP contribution in [0.1, 0.15) is 199 Å². The van der Waals surface area contributed by atoms with Crippen LogP contribution in [0.3, 0.4) is 0 Å². The number of hydrogen-bond acceptors (Lipinski definition) is 15. The van der Waals surface area contributed by atoms with Crippen molar-refractivity contribution in [1.82, 2.24) is 4.98 Å². The van der Waals surface area contributed by atoms with Gasteiger partial charge in [0.15, 0.2) is 0 Å². The minimum Gasteiger partial charge on any atom is -0.544 e. The quantitative estimate of drug-likeness (QED) is 0.0823. The van der Waals surface area contributed by atoms with Gasteiger partial charge in [-0.25, -0.2) is 9.78 Å². The number of esters is 1. The maximum Gasteiger partial charge on any atom is 1.00 e. The first-order valence-corrected chi connectivity index (χ1v) is 32.4. The van der Waals surface area contributed by atoms with Gasteiger partial charge in [0.25, 0.3) is 0 Å². The molecule has 0 aromatic carbocycles. The van der Waals surface area contributed by atoms with Crippen molar-refractivity contribution in [1.29, 1.82) is 0 Å². The minimum absolute atomic E-state index is 0. The number of carboxylic acids is 1. The Labute approximate surface area is 529 Å². The van der Waals surface area contributed by atoms with Crippen LogP contribution in [0.2, 0.25) is 0 Å². The normalized spacial score (nSPS) is 25.1. The predicted molar refractivity (Wildman–Crippen MR) is 322 cm³/mol. The summed E-state index contributed by atoms with van der Waals surface area (Å²) in [4.78, 5) is 63.5. The van der Waals surface area contributed by atoms with Crippen LogP contribution in [0.25, 0.3) is 0 Å². The number of pyridine rings is 1. The molecule has 2 aliphatic heterocycles. The average Bonchev–Trinajstić information content (AvgIpc) is 2.94. The zero-order chi connectivity index (χ0) is 59.1. The van der Waals surface area contributed by atoms with Gasteiger partial charge in [0.2, 0.25) is 17.7 Å². The summed E-state index contributed by atoms with van der Waals surface area (Å²) < 4.78 is 34.4. The van der Waals surface area contributed by atoms with Gasteiger partial charge in [-0.15, -0.1) is 22.7 Å². The van der Waals surface area contributed by atoms with Gasteiger partial charge < -0.3 is 53.2 Å². The van der Waals surface area contributed by atoms with E-state index in [9.17, 15) is 29.4 Å². The van der Waals surface area contributed by atoms with Crippen molar-refractivity contribution in [3.05, 3.63) is 56.0 Å². The molecule has 9 rings (SSSR count). The van der Waals surface area contributed by atoms with Crippen LogP contribution in [-0.4, -0.2) is 117 Å². The maximum absolute atomic E-state index is 14.2. The van der Waals surface area contributed by atoms with Crippen LogP contribution >= 0.6 is 22.7 Å². The Morgan fingerprint density at radius 2 is 1.07 bits per heavy atom. The third-order valence-corrected chi connectivity index (χ3v) is 19.5. The first-order valence-electron chi connectivity index (χ1n) is 30.8. The van der Waals surface area contributed by atoms with E-state index in [1.54, 1.807) is 17.2 Å². The third-order valence-electron chi connectivity index (χ3n) is 17.4. The fourth-order valence-corrected chi connectivity index (χ4v) is 14.0. The first-order chi connectivity index (χ1) is 39.8. The molecule has 0 atom stereocenters. The molecule has 84 heavy (non-hydrogen) atoms. The summed E-state index contributed by atoms with van der Waals surface area (Å²) >= 11 is 2.38. The summed E-state index contributed by atoms with van der Waals surface area (Å²) in [6, 6.07) is 9.12. The van der Waals surface area contributed by atoms with Gasteiger partial charge in [-0.1, -0.05) is 43.6 Å². The zero-order valence-electron chi connectivity index (χ0n) is 51.2. The summed E-state index contributed by atoms with van der Waals surface area (Å²) in [5.41, 5.74) is 0.234. The van der Waals surface area contributed by atoms with Crippen LogP contribution in [0.5, 0.6) is 5.88 Å². The molecule has 0 unspecified atom stereocenters. The van der Waals surface area contributed by atoms with Gasteiger partial charge in [-0.3, -0.25) is 9.59 Å². The molecule has 454 valence electrons. The number of carbonyl (C=O) groups is 4. The Balaban J connectivity index is 0.000000240. The Morgan fingerprint density at radius 1 is 0.631 bits per heavy atom. The van der Waals surface area contributed by atoms with E-state index >= 15 is 0 Å². The number of thiophene rings is 2. The van der Waals surface area contributed by atoms with E-state index in [-0.39, 0.29) is 100.0 Å². The molecule has 18 heteroatoms. The standard InChI is InChI=1S/C35H46N2O6S.C31H45NO6S.Na/c1-24-7-9-25(10-8-24)33(38)37(26-11-13-28(14-12-26)43-31-6-4-5-19-36-31)30-22-29(44-32(30)34(39)40)15-18-35(2,3)23-42-27-16-20-41-21-17-27;1-21-5-7-22(8-6-21)29(34)32(23-9-11-24(33)12-10-23)27-19-26(39-28(27)30(35)36-4)13-16-31(2,3)20-38-25-14-17-37-18-15-25;/h4-6,19,22,24-28H,7-14,16-17,20-21,23H2,1-3H3,(H,39,40);19,21-25,33H,5-12,14-15,17-18,20H2,1-4H3;/q;;+1/p-1. The fourth-order valence-electron chi connectivity index (χ4n) is 12.2. The number of rotatable bonds is 16. The van der Waals surface area contributed by atoms with Crippen LogP contribution < -0.4 is 49.2 Å². The molecule has 0 bridgehead atoms. The van der Waals surface area contributed by atoms with Crippen LogP contribution in [-0.2, 0) is 33.3 Å². The van der Waals surface area contributed by atoms with E-state index < -0.39 is 17.4 Å². The Bertz CT molecular complexity index is 2720. The second kappa shape index (κ2) is 32.4.